The van der Waals surface area contributed by atoms with Crippen molar-refractivity contribution in [3.05, 3.63) is 29.8 Å². The van der Waals surface area contributed by atoms with Crippen LogP contribution in [0.2, 0.25) is 0 Å². The molecule has 0 aromatic heterocycles. The average Bonchev–Trinajstić information content (AvgIpc) is 2.03. The molecule has 2 N–H and O–H groups in total. The quantitative estimate of drug-likeness (QED) is 0.537. The standard InChI is InChI=1S/C9H12O3S.K.H2O/c1-7(2)8-3-5-9(6-4-8)13(10,11)12;;/h3-7H,1-2H3,(H,10,11,12);;1H2/q;+1;/p-1. The van der Waals surface area contributed by atoms with Crippen LogP contribution in [-0.2, 0) is 10.1 Å². The third-order valence-electron chi connectivity index (χ3n) is 1.84. The smallest absolute Gasteiger partial charge is 0.870 e. The summed E-state index contributed by atoms with van der Waals surface area (Å²) in [5.74, 6) is 0.357. The van der Waals surface area contributed by atoms with Crippen molar-refractivity contribution >= 4 is 10.1 Å². The van der Waals surface area contributed by atoms with Gasteiger partial charge in [0, 0.05) is 0 Å². The molecule has 1 aromatic carbocycles. The molecule has 0 atom stereocenters. The third-order valence-corrected chi connectivity index (χ3v) is 2.71. The second-order valence-corrected chi connectivity index (χ2v) is 4.62. The molecule has 0 saturated heterocycles. The minimum Gasteiger partial charge on any atom is -0.870 e. The number of hydrogen-bond donors (Lipinski definition) is 1. The zero-order valence-corrected chi connectivity index (χ0v) is 12.9. The molecule has 0 saturated carbocycles. The van der Waals surface area contributed by atoms with Crippen LogP contribution < -0.4 is 51.4 Å². The minimum atomic E-state index is -4.05. The van der Waals surface area contributed by atoms with E-state index in [1.807, 2.05) is 13.8 Å². The van der Waals surface area contributed by atoms with Crippen LogP contribution >= 0.6 is 0 Å². The third kappa shape index (κ3) is 5.55. The Kier molecular flexibility index (Phi) is 8.60. The van der Waals surface area contributed by atoms with Crippen LogP contribution in [0.25, 0.3) is 0 Å². The summed E-state index contributed by atoms with van der Waals surface area (Å²) >= 11 is 0. The Morgan fingerprint density at radius 3 is 1.80 bits per heavy atom. The normalized spacial score (nSPS) is 10.4. The molecule has 0 heterocycles. The molecule has 0 spiro atoms. The van der Waals surface area contributed by atoms with Gasteiger partial charge in [0.05, 0.1) is 4.90 Å². The zero-order valence-electron chi connectivity index (χ0n) is 9.01. The van der Waals surface area contributed by atoms with E-state index in [9.17, 15) is 8.42 Å². The molecule has 0 radical (unpaired) electrons. The topological polar surface area (TPSA) is 84.4 Å². The predicted molar refractivity (Wildman–Crippen MR) is 52.3 cm³/mol. The van der Waals surface area contributed by atoms with Crippen LogP contribution in [0, 0.1) is 0 Å². The maximum Gasteiger partial charge on any atom is 1.00 e. The van der Waals surface area contributed by atoms with Crippen molar-refractivity contribution in [2.24, 2.45) is 0 Å². The fraction of sp³-hybridized carbons (Fsp3) is 0.333. The summed E-state index contributed by atoms with van der Waals surface area (Å²) in [6, 6.07) is 6.22. The number of rotatable bonds is 2. The molecule has 15 heavy (non-hydrogen) atoms. The Morgan fingerprint density at radius 1 is 1.13 bits per heavy atom. The molecule has 0 bridgehead atoms. The van der Waals surface area contributed by atoms with Gasteiger partial charge < -0.3 is 5.48 Å². The average molecular weight is 256 g/mol. The largest absolute Gasteiger partial charge is 1.00 e. The summed E-state index contributed by atoms with van der Waals surface area (Å²) in [7, 11) is -4.05. The van der Waals surface area contributed by atoms with E-state index < -0.39 is 10.1 Å². The summed E-state index contributed by atoms with van der Waals surface area (Å²) in [4.78, 5) is -0.0584. The van der Waals surface area contributed by atoms with E-state index >= 15 is 0 Å². The van der Waals surface area contributed by atoms with Crippen LogP contribution in [-0.4, -0.2) is 18.4 Å². The molecular formula is C9H13KO4S. The van der Waals surface area contributed by atoms with Gasteiger partial charge in [-0.15, -0.1) is 0 Å². The molecule has 0 aliphatic heterocycles. The van der Waals surface area contributed by atoms with E-state index in [0.29, 0.717) is 5.92 Å². The Balaban J connectivity index is 0. The van der Waals surface area contributed by atoms with E-state index in [1.54, 1.807) is 12.1 Å². The Labute approximate surface area is 133 Å². The summed E-state index contributed by atoms with van der Waals surface area (Å²) in [5.41, 5.74) is 1.05. The summed E-state index contributed by atoms with van der Waals surface area (Å²) in [5, 5.41) is 0. The van der Waals surface area contributed by atoms with Crippen LogP contribution in [0.3, 0.4) is 0 Å². The summed E-state index contributed by atoms with van der Waals surface area (Å²) < 4.78 is 30.0. The van der Waals surface area contributed by atoms with Gasteiger partial charge in [-0.05, 0) is 23.6 Å². The molecule has 1 aromatic rings. The minimum absolute atomic E-state index is 0. The van der Waals surface area contributed by atoms with Crippen LogP contribution in [0.4, 0.5) is 0 Å². The van der Waals surface area contributed by atoms with Gasteiger partial charge in [-0.2, -0.15) is 8.42 Å². The van der Waals surface area contributed by atoms with Gasteiger partial charge in [0.15, 0.2) is 0 Å². The van der Waals surface area contributed by atoms with Gasteiger partial charge in [0.25, 0.3) is 10.1 Å². The molecule has 0 aliphatic carbocycles. The van der Waals surface area contributed by atoms with Crippen LogP contribution in [0.5, 0.6) is 0 Å². The van der Waals surface area contributed by atoms with E-state index in [1.165, 1.54) is 12.1 Å². The van der Waals surface area contributed by atoms with Crippen molar-refractivity contribution in [3.63, 3.8) is 0 Å². The molecule has 0 aliphatic rings. The maximum absolute atomic E-state index is 10.7. The Hall–Kier alpha value is 0.726. The fourth-order valence-corrected chi connectivity index (χ4v) is 1.50. The molecule has 80 valence electrons. The van der Waals surface area contributed by atoms with Gasteiger partial charge in [-0.25, -0.2) is 0 Å². The first-order valence-electron chi connectivity index (χ1n) is 3.98. The van der Waals surface area contributed by atoms with E-state index in [2.05, 4.69) is 0 Å². The van der Waals surface area contributed by atoms with Gasteiger partial charge in [0.1, 0.15) is 0 Å². The van der Waals surface area contributed by atoms with Crippen LogP contribution in [0.15, 0.2) is 29.2 Å². The predicted octanol–water partition coefficient (Wildman–Crippen LogP) is -1.12. The van der Waals surface area contributed by atoms with Crippen molar-refractivity contribution in [1.82, 2.24) is 0 Å². The number of benzene rings is 1. The second-order valence-electron chi connectivity index (χ2n) is 3.20. The summed E-state index contributed by atoms with van der Waals surface area (Å²) in [6.45, 7) is 4.03. The molecule has 0 fully saturated rings. The SMILES string of the molecule is CC(C)c1ccc(S(=O)(=O)O)cc1.[K+].[OH-]. The molecule has 6 heteroatoms. The number of hydrogen-bond acceptors (Lipinski definition) is 3. The fourth-order valence-electron chi connectivity index (χ4n) is 1.02. The van der Waals surface area contributed by atoms with Gasteiger partial charge in [-0.3, -0.25) is 4.55 Å². The first-order chi connectivity index (χ1) is 5.91. The van der Waals surface area contributed by atoms with Crippen LogP contribution in [0.1, 0.15) is 25.3 Å². The molecular weight excluding hydrogens is 243 g/mol. The van der Waals surface area contributed by atoms with E-state index in [4.69, 9.17) is 4.55 Å². The van der Waals surface area contributed by atoms with Gasteiger partial charge in [0.2, 0.25) is 0 Å². The first kappa shape index (κ1) is 18.1. The van der Waals surface area contributed by atoms with Crippen molar-refractivity contribution in [2.75, 3.05) is 0 Å². The molecule has 4 nitrogen and oxygen atoms in total. The molecule has 0 amide bonds. The zero-order chi connectivity index (χ0) is 10.1. The van der Waals surface area contributed by atoms with E-state index in [-0.39, 0.29) is 61.8 Å². The summed E-state index contributed by atoms with van der Waals surface area (Å²) in [6.07, 6.45) is 0. The molecule has 1 rings (SSSR count). The molecule has 0 unspecified atom stereocenters. The van der Waals surface area contributed by atoms with Gasteiger partial charge in [-0.1, -0.05) is 26.0 Å². The Bertz CT molecular complexity index is 383. The van der Waals surface area contributed by atoms with Crippen molar-refractivity contribution < 1.29 is 69.8 Å². The maximum atomic E-state index is 10.7. The van der Waals surface area contributed by atoms with E-state index in [0.717, 1.165) is 5.56 Å². The van der Waals surface area contributed by atoms with Gasteiger partial charge >= 0.3 is 51.4 Å². The monoisotopic (exact) mass is 256 g/mol. The van der Waals surface area contributed by atoms with Crippen molar-refractivity contribution in [2.45, 2.75) is 24.7 Å². The van der Waals surface area contributed by atoms with Crippen molar-refractivity contribution in [3.8, 4) is 0 Å². The Morgan fingerprint density at radius 2 is 1.53 bits per heavy atom. The van der Waals surface area contributed by atoms with Crippen molar-refractivity contribution in [1.29, 1.82) is 0 Å². The second kappa shape index (κ2) is 7.13. The first-order valence-corrected chi connectivity index (χ1v) is 5.42.